The smallest absolute Gasteiger partial charge is 0.315 e. The van der Waals surface area contributed by atoms with E-state index in [0.717, 1.165) is 12.8 Å². The van der Waals surface area contributed by atoms with Gasteiger partial charge in [0, 0.05) is 17.6 Å². The van der Waals surface area contributed by atoms with Crippen LogP contribution in [0.15, 0.2) is 24.3 Å². The van der Waals surface area contributed by atoms with Crippen molar-refractivity contribution in [1.82, 2.24) is 10.6 Å². The number of hydrogen-bond acceptors (Lipinski definition) is 2. The molecule has 2 amide bonds. The Morgan fingerprint density at radius 3 is 2.84 bits per heavy atom. The van der Waals surface area contributed by atoms with Crippen molar-refractivity contribution in [3.63, 3.8) is 0 Å². The highest BCUT2D eigenvalue weighted by Gasteiger charge is 2.17. The van der Waals surface area contributed by atoms with Gasteiger partial charge in [0.05, 0.1) is 6.10 Å². The number of carbonyl (C=O) groups is 1. The second kappa shape index (κ2) is 6.78. The van der Waals surface area contributed by atoms with Gasteiger partial charge in [0.25, 0.3) is 0 Å². The molecule has 1 aromatic carbocycles. The second-order valence-electron chi connectivity index (χ2n) is 4.91. The molecular weight excluding hydrogens is 264 g/mol. The zero-order valence-electron chi connectivity index (χ0n) is 10.7. The molecule has 1 aromatic rings. The van der Waals surface area contributed by atoms with Crippen LogP contribution >= 0.6 is 11.6 Å². The Kier molecular flexibility index (Phi) is 5.05. The van der Waals surface area contributed by atoms with Crippen LogP contribution in [0.5, 0.6) is 0 Å². The van der Waals surface area contributed by atoms with Crippen molar-refractivity contribution >= 4 is 17.6 Å². The molecule has 104 valence electrons. The van der Waals surface area contributed by atoms with Crippen LogP contribution in [-0.2, 0) is 0 Å². The van der Waals surface area contributed by atoms with E-state index in [9.17, 15) is 9.90 Å². The minimum Gasteiger partial charge on any atom is -0.387 e. The van der Waals surface area contributed by atoms with Gasteiger partial charge in [0.2, 0.25) is 0 Å². The molecule has 1 fully saturated rings. The third-order valence-electron chi connectivity index (χ3n) is 3.38. The van der Waals surface area contributed by atoms with Crippen LogP contribution in [0.3, 0.4) is 0 Å². The van der Waals surface area contributed by atoms with Crippen molar-refractivity contribution in [2.75, 3.05) is 6.54 Å². The van der Waals surface area contributed by atoms with Gasteiger partial charge >= 0.3 is 6.03 Å². The van der Waals surface area contributed by atoms with E-state index in [2.05, 4.69) is 10.6 Å². The molecule has 19 heavy (non-hydrogen) atoms. The molecule has 0 bridgehead atoms. The van der Waals surface area contributed by atoms with Gasteiger partial charge in [0.15, 0.2) is 0 Å². The Bertz CT molecular complexity index is 433. The number of aliphatic hydroxyl groups excluding tert-OH is 1. The summed E-state index contributed by atoms with van der Waals surface area (Å²) < 4.78 is 0. The molecule has 5 heteroatoms. The van der Waals surface area contributed by atoms with Crippen LogP contribution in [0.25, 0.3) is 0 Å². The summed E-state index contributed by atoms with van der Waals surface area (Å²) in [5, 5.41) is 16.1. The SMILES string of the molecule is O=C(NCC(O)c1cccc(Cl)c1)NC1CCCC1. The third kappa shape index (κ3) is 4.40. The van der Waals surface area contributed by atoms with Gasteiger partial charge in [-0.15, -0.1) is 0 Å². The van der Waals surface area contributed by atoms with Crippen molar-refractivity contribution in [1.29, 1.82) is 0 Å². The summed E-state index contributed by atoms with van der Waals surface area (Å²) in [5.74, 6) is 0. The van der Waals surface area contributed by atoms with Crippen LogP contribution < -0.4 is 10.6 Å². The molecule has 2 rings (SSSR count). The first-order valence-corrected chi connectivity index (χ1v) is 7.01. The minimum atomic E-state index is -0.743. The Hall–Kier alpha value is -1.26. The highest BCUT2D eigenvalue weighted by atomic mass is 35.5. The second-order valence-corrected chi connectivity index (χ2v) is 5.34. The predicted molar refractivity (Wildman–Crippen MR) is 75.2 cm³/mol. The van der Waals surface area contributed by atoms with Gasteiger partial charge in [-0.25, -0.2) is 4.79 Å². The number of nitrogens with one attached hydrogen (secondary N) is 2. The maximum Gasteiger partial charge on any atom is 0.315 e. The number of hydrogen-bond donors (Lipinski definition) is 3. The Labute approximate surface area is 118 Å². The predicted octanol–water partition coefficient (Wildman–Crippen LogP) is 2.62. The molecule has 1 aliphatic rings. The summed E-state index contributed by atoms with van der Waals surface area (Å²) in [5.41, 5.74) is 0.702. The molecular formula is C14H19ClN2O2. The molecule has 1 aliphatic carbocycles. The van der Waals surface area contributed by atoms with E-state index in [1.807, 2.05) is 0 Å². The van der Waals surface area contributed by atoms with E-state index < -0.39 is 6.10 Å². The van der Waals surface area contributed by atoms with Crippen LogP contribution in [-0.4, -0.2) is 23.7 Å². The van der Waals surface area contributed by atoms with E-state index in [-0.39, 0.29) is 18.6 Å². The molecule has 3 N–H and O–H groups in total. The summed E-state index contributed by atoms with van der Waals surface area (Å²) in [6, 6.07) is 7.07. The largest absolute Gasteiger partial charge is 0.387 e. The topological polar surface area (TPSA) is 61.4 Å². The first-order chi connectivity index (χ1) is 9.15. The van der Waals surface area contributed by atoms with Crippen molar-refractivity contribution in [3.8, 4) is 0 Å². The monoisotopic (exact) mass is 282 g/mol. The highest BCUT2D eigenvalue weighted by molar-refractivity contribution is 6.30. The van der Waals surface area contributed by atoms with Crippen LogP contribution in [0, 0.1) is 0 Å². The molecule has 4 nitrogen and oxygen atoms in total. The highest BCUT2D eigenvalue weighted by Crippen LogP contribution is 2.18. The Morgan fingerprint density at radius 2 is 2.16 bits per heavy atom. The van der Waals surface area contributed by atoms with E-state index >= 15 is 0 Å². The third-order valence-corrected chi connectivity index (χ3v) is 3.61. The maximum absolute atomic E-state index is 11.6. The normalized spacial score (nSPS) is 17.2. The Morgan fingerprint density at radius 1 is 1.42 bits per heavy atom. The molecule has 1 saturated carbocycles. The first-order valence-electron chi connectivity index (χ1n) is 6.63. The van der Waals surface area contributed by atoms with Crippen molar-refractivity contribution < 1.29 is 9.90 Å². The van der Waals surface area contributed by atoms with Crippen molar-refractivity contribution in [3.05, 3.63) is 34.9 Å². The molecule has 0 spiro atoms. The Balaban J connectivity index is 1.76. The van der Waals surface area contributed by atoms with Crippen molar-refractivity contribution in [2.24, 2.45) is 0 Å². The summed E-state index contributed by atoms with van der Waals surface area (Å²) in [6.07, 6.45) is 3.70. The molecule has 0 aliphatic heterocycles. The fraction of sp³-hybridized carbons (Fsp3) is 0.500. The van der Waals surface area contributed by atoms with Gasteiger partial charge in [-0.2, -0.15) is 0 Å². The van der Waals surface area contributed by atoms with Gasteiger partial charge in [-0.1, -0.05) is 36.6 Å². The van der Waals surface area contributed by atoms with Gasteiger partial charge in [0.1, 0.15) is 0 Å². The quantitative estimate of drug-likeness (QED) is 0.795. The first kappa shape index (κ1) is 14.2. The van der Waals surface area contributed by atoms with E-state index in [1.54, 1.807) is 24.3 Å². The van der Waals surface area contributed by atoms with E-state index in [1.165, 1.54) is 12.8 Å². The molecule has 1 unspecified atom stereocenters. The maximum atomic E-state index is 11.6. The van der Waals surface area contributed by atoms with Crippen LogP contribution in [0.2, 0.25) is 5.02 Å². The van der Waals surface area contributed by atoms with Crippen molar-refractivity contribution in [2.45, 2.75) is 37.8 Å². The van der Waals surface area contributed by atoms with Gasteiger partial charge < -0.3 is 15.7 Å². The van der Waals surface area contributed by atoms with Gasteiger partial charge in [-0.05, 0) is 30.5 Å². The summed E-state index contributed by atoms with van der Waals surface area (Å²) in [4.78, 5) is 11.6. The van der Waals surface area contributed by atoms with E-state index in [4.69, 9.17) is 11.6 Å². The molecule has 1 atom stereocenters. The average molecular weight is 283 g/mol. The number of urea groups is 1. The summed E-state index contributed by atoms with van der Waals surface area (Å²) in [6.45, 7) is 0.179. The molecule has 0 aromatic heterocycles. The summed E-state index contributed by atoms with van der Waals surface area (Å²) in [7, 11) is 0. The minimum absolute atomic E-state index is 0.179. The molecule has 0 radical (unpaired) electrons. The van der Waals surface area contributed by atoms with Crippen LogP contribution in [0.4, 0.5) is 4.79 Å². The number of amides is 2. The lowest BCUT2D eigenvalue weighted by molar-refractivity contribution is 0.172. The fourth-order valence-electron chi connectivity index (χ4n) is 2.33. The lowest BCUT2D eigenvalue weighted by Crippen LogP contribution is -2.42. The number of carbonyl (C=O) groups excluding carboxylic acids is 1. The number of halogens is 1. The zero-order chi connectivity index (χ0) is 13.7. The van der Waals surface area contributed by atoms with Gasteiger partial charge in [-0.3, -0.25) is 0 Å². The lowest BCUT2D eigenvalue weighted by atomic mass is 10.1. The number of benzene rings is 1. The number of aliphatic hydroxyl groups is 1. The zero-order valence-corrected chi connectivity index (χ0v) is 11.5. The standard InChI is InChI=1S/C14H19ClN2O2/c15-11-5-3-4-10(8-11)13(18)9-16-14(19)17-12-6-1-2-7-12/h3-5,8,12-13,18H,1-2,6-7,9H2,(H2,16,17,19). The fourth-order valence-corrected chi connectivity index (χ4v) is 2.53. The lowest BCUT2D eigenvalue weighted by Gasteiger charge is -2.15. The summed E-state index contributed by atoms with van der Waals surface area (Å²) >= 11 is 5.85. The van der Waals surface area contributed by atoms with E-state index in [0.29, 0.717) is 10.6 Å². The van der Waals surface area contributed by atoms with Crippen LogP contribution in [0.1, 0.15) is 37.4 Å². The number of rotatable bonds is 4. The molecule has 0 heterocycles. The average Bonchev–Trinajstić information content (AvgIpc) is 2.88. The molecule has 0 saturated heterocycles.